The van der Waals surface area contributed by atoms with Crippen LogP contribution < -0.4 is 0 Å². The summed E-state index contributed by atoms with van der Waals surface area (Å²) in [7, 11) is 0. The van der Waals surface area contributed by atoms with Crippen molar-refractivity contribution in [3.05, 3.63) is 78.2 Å². The molecule has 1 fully saturated rings. The molecule has 2 aromatic carbocycles. The van der Waals surface area contributed by atoms with Gasteiger partial charge in [-0.25, -0.2) is 9.97 Å². The van der Waals surface area contributed by atoms with Crippen LogP contribution in [0, 0.1) is 12.3 Å². The van der Waals surface area contributed by atoms with Gasteiger partial charge in [0.2, 0.25) is 5.78 Å². The van der Waals surface area contributed by atoms with Crippen molar-refractivity contribution in [2.75, 3.05) is 13.1 Å². The molecule has 1 saturated heterocycles. The number of fused-ring (bicyclic) bond motifs is 4. The van der Waals surface area contributed by atoms with Gasteiger partial charge in [0.05, 0.1) is 17.6 Å². The van der Waals surface area contributed by atoms with Gasteiger partial charge in [-0.05, 0) is 49.2 Å². The zero-order chi connectivity index (χ0) is 21.5. The molecule has 6 rings (SSSR count). The van der Waals surface area contributed by atoms with E-state index in [0.717, 1.165) is 36.4 Å². The topological polar surface area (TPSA) is 38.4 Å². The number of terminal acetylenes is 1. The number of aromatic nitrogens is 4. The molecule has 158 valence electrons. The number of hydrogen-bond acceptors (Lipinski definition) is 3. The number of hydrogen-bond donors (Lipinski definition) is 0. The highest BCUT2D eigenvalue weighted by Gasteiger charge is 2.25. The maximum absolute atomic E-state index is 5.61. The summed E-state index contributed by atoms with van der Waals surface area (Å²) in [6.45, 7) is 3.68. The lowest BCUT2D eigenvalue weighted by molar-refractivity contribution is 0.198. The Morgan fingerprint density at radius 1 is 1.03 bits per heavy atom. The van der Waals surface area contributed by atoms with Gasteiger partial charge in [0.25, 0.3) is 0 Å². The van der Waals surface area contributed by atoms with Crippen molar-refractivity contribution in [1.82, 2.24) is 23.8 Å². The maximum Gasteiger partial charge on any atom is 0.235 e. The molecule has 0 radical (unpaired) electrons. The molecule has 3 aromatic heterocycles. The van der Waals surface area contributed by atoms with E-state index in [1.54, 1.807) is 0 Å². The van der Waals surface area contributed by atoms with E-state index in [-0.39, 0.29) is 0 Å². The third-order valence-corrected chi connectivity index (χ3v) is 6.69. The van der Waals surface area contributed by atoms with Crippen LogP contribution in [0.3, 0.4) is 0 Å². The molecule has 0 spiro atoms. The second-order valence-corrected chi connectivity index (χ2v) is 8.68. The number of likely N-dealkylation sites (tertiary alicyclic amines) is 1. The van der Waals surface area contributed by atoms with Gasteiger partial charge >= 0.3 is 0 Å². The molecule has 1 atom stereocenters. The summed E-state index contributed by atoms with van der Waals surface area (Å²) in [5.41, 5.74) is 6.02. The molecule has 5 nitrogen and oxygen atoms in total. The number of imidazole rings is 1. The van der Waals surface area contributed by atoms with Crippen molar-refractivity contribution in [3.63, 3.8) is 0 Å². The van der Waals surface area contributed by atoms with Crippen LogP contribution in [0.15, 0.2) is 67.0 Å². The zero-order valence-corrected chi connectivity index (χ0v) is 18.0. The van der Waals surface area contributed by atoms with Crippen molar-refractivity contribution >= 4 is 27.7 Å². The van der Waals surface area contributed by atoms with E-state index in [4.69, 9.17) is 11.4 Å². The van der Waals surface area contributed by atoms with E-state index >= 15 is 0 Å². The fourth-order valence-corrected chi connectivity index (χ4v) is 5.29. The molecule has 0 N–H and O–H groups in total. The highest BCUT2D eigenvalue weighted by molar-refractivity contribution is 5.84. The van der Waals surface area contributed by atoms with Crippen molar-refractivity contribution in [3.8, 4) is 12.3 Å². The first-order chi connectivity index (χ1) is 15.8. The fraction of sp³-hybridized carbons (Fsp3) is 0.259. The Kier molecular flexibility index (Phi) is 4.66. The summed E-state index contributed by atoms with van der Waals surface area (Å²) in [6, 6.07) is 19.1. The first kappa shape index (κ1) is 19.1. The van der Waals surface area contributed by atoms with Crippen LogP contribution in [0.5, 0.6) is 0 Å². The molecular formula is C27H25N5. The minimum atomic E-state index is 0.450. The molecule has 32 heavy (non-hydrogen) atoms. The van der Waals surface area contributed by atoms with E-state index < -0.39 is 0 Å². The number of benzene rings is 2. The monoisotopic (exact) mass is 419 g/mol. The van der Waals surface area contributed by atoms with Crippen LogP contribution >= 0.6 is 0 Å². The third kappa shape index (κ3) is 3.16. The zero-order valence-electron chi connectivity index (χ0n) is 18.0. The Hall–Kier alpha value is -3.62. The standard InChI is InChI=1S/C27H25N5/c1-2-15-31-19-21(22-9-3-5-11-25(22)31)18-30-16-7-8-20(17-30)24-13-14-28-27-29-23-10-4-6-12-26(23)32(24)27/h1,3-6,9-14,19-20H,7-8,15-18H2/t20-/m0/s1. The molecule has 0 saturated carbocycles. The van der Waals surface area contributed by atoms with Crippen molar-refractivity contribution in [1.29, 1.82) is 0 Å². The largest absolute Gasteiger partial charge is 0.336 e. The molecule has 1 aliphatic heterocycles. The van der Waals surface area contributed by atoms with Gasteiger partial charge in [-0.2, -0.15) is 0 Å². The highest BCUT2D eigenvalue weighted by atomic mass is 15.2. The van der Waals surface area contributed by atoms with Crippen LogP contribution in [0.4, 0.5) is 0 Å². The summed E-state index contributed by atoms with van der Waals surface area (Å²) in [5.74, 6) is 4.03. The lowest BCUT2D eigenvalue weighted by Gasteiger charge is -2.33. The van der Waals surface area contributed by atoms with Crippen LogP contribution in [0.25, 0.3) is 27.7 Å². The summed E-state index contributed by atoms with van der Waals surface area (Å²) in [5, 5.41) is 1.30. The van der Waals surface area contributed by atoms with Gasteiger partial charge in [0.1, 0.15) is 0 Å². The molecule has 0 bridgehead atoms. The van der Waals surface area contributed by atoms with Gasteiger partial charge in [-0.1, -0.05) is 36.3 Å². The Balaban J connectivity index is 1.33. The average molecular weight is 420 g/mol. The summed E-state index contributed by atoms with van der Waals surface area (Å²) >= 11 is 0. The van der Waals surface area contributed by atoms with E-state index in [2.05, 4.69) is 79.5 Å². The fourth-order valence-electron chi connectivity index (χ4n) is 5.29. The molecule has 4 heterocycles. The minimum absolute atomic E-state index is 0.450. The molecule has 0 unspecified atom stereocenters. The Morgan fingerprint density at radius 3 is 2.78 bits per heavy atom. The third-order valence-electron chi connectivity index (χ3n) is 6.69. The lowest BCUT2D eigenvalue weighted by atomic mass is 9.94. The second-order valence-electron chi connectivity index (χ2n) is 8.68. The number of rotatable bonds is 4. The van der Waals surface area contributed by atoms with Crippen LogP contribution in [0.1, 0.15) is 30.0 Å². The smallest absolute Gasteiger partial charge is 0.235 e. The van der Waals surface area contributed by atoms with E-state index in [1.165, 1.54) is 35.0 Å². The van der Waals surface area contributed by atoms with Crippen molar-refractivity contribution < 1.29 is 0 Å². The van der Waals surface area contributed by atoms with Crippen molar-refractivity contribution in [2.45, 2.75) is 31.8 Å². The summed E-state index contributed by atoms with van der Waals surface area (Å²) < 4.78 is 4.44. The summed E-state index contributed by atoms with van der Waals surface area (Å²) in [4.78, 5) is 11.9. The van der Waals surface area contributed by atoms with E-state index in [0.29, 0.717) is 12.5 Å². The Labute approximate surface area is 187 Å². The number of piperidine rings is 1. The van der Waals surface area contributed by atoms with Gasteiger partial charge in [0, 0.05) is 48.0 Å². The summed E-state index contributed by atoms with van der Waals surface area (Å²) in [6.07, 6.45) is 12.1. The van der Waals surface area contributed by atoms with E-state index in [1.807, 2.05) is 12.3 Å². The average Bonchev–Trinajstić information content (AvgIpc) is 3.38. The quantitative estimate of drug-likeness (QED) is 0.391. The molecule has 1 aliphatic rings. The van der Waals surface area contributed by atoms with Gasteiger partial charge < -0.3 is 4.57 Å². The SMILES string of the molecule is C#CCn1cc(CN2CCC[C@H](c3ccnc4nc5ccccc5n34)C2)c2ccccc21. The molecule has 0 aliphatic carbocycles. The van der Waals surface area contributed by atoms with Gasteiger partial charge in [-0.15, -0.1) is 6.42 Å². The van der Waals surface area contributed by atoms with Crippen LogP contribution in [0.2, 0.25) is 0 Å². The molecule has 5 aromatic rings. The highest BCUT2D eigenvalue weighted by Crippen LogP contribution is 2.31. The molecule has 0 amide bonds. The predicted octanol–water partition coefficient (Wildman–Crippen LogP) is 4.85. The van der Waals surface area contributed by atoms with Gasteiger partial charge in [-0.3, -0.25) is 9.30 Å². The maximum atomic E-state index is 5.61. The number of nitrogens with zero attached hydrogens (tertiary/aromatic N) is 5. The predicted molar refractivity (Wildman–Crippen MR) is 129 cm³/mol. The van der Waals surface area contributed by atoms with Crippen LogP contribution in [-0.4, -0.2) is 36.9 Å². The lowest BCUT2D eigenvalue weighted by Crippen LogP contribution is -2.34. The first-order valence-electron chi connectivity index (χ1n) is 11.3. The van der Waals surface area contributed by atoms with Crippen molar-refractivity contribution in [2.24, 2.45) is 0 Å². The molecular weight excluding hydrogens is 394 g/mol. The number of para-hydroxylation sites is 3. The van der Waals surface area contributed by atoms with Crippen LogP contribution in [-0.2, 0) is 13.1 Å². The molecule has 5 heteroatoms. The second kappa shape index (κ2) is 7.81. The minimum Gasteiger partial charge on any atom is -0.336 e. The Bertz CT molecular complexity index is 1470. The Morgan fingerprint density at radius 2 is 1.88 bits per heavy atom. The van der Waals surface area contributed by atoms with Gasteiger partial charge in [0.15, 0.2) is 0 Å². The first-order valence-corrected chi connectivity index (χ1v) is 11.3. The van der Waals surface area contributed by atoms with E-state index in [9.17, 15) is 0 Å². The normalized spacial score (nSPS) is 17.3.